The van der Waals surface area contributed by atoms with Gasteiger partial charge in [-0.25, -0.2) is 0 Å². The largest absolute Gasteiger partial charge is 0.493 e. The number of rotatable bonds is 4. The maximum atomic E-state index is 13.5. The first kappa shape index (κ1) is 19.9. The molecule has 1 aromatic heterocycles. The summed E-state index contributed by atoms with van der Waals surface area (Å²) in [6.45, 7) is 2.15. The third-order valence-electron chi connectivity index (χ3n) is 7.01. The Labute approximate surface area is 181 Å². The van der Waals surface area contributed by atoms with Gasteiger partial charge in [0.25, 0.3) is 5.91 Å². The molecule has 0 spiro atoms. The molecule has 8 nitrogen and oxygen atoms in total. The smallest absolute Gasteiger partial charge is 0.257 e. The number of aromatic nitrogens is 2. The number of amides is 2. The number of likely N-dealkylation sites (tertiary alicyclic amines) is 1. The van der Waals surface area contributed by atoms with E-state index in [1.165, 1.54) is 0 Å². The van der Waals surface area contributed by atoms with Crippen LogP contribution in [0.2, 0.25) is 0 Å². The van der Waals surface area contributed by atoms with Crippen LogP contribution in [-0.2, 0) is 4.79 Å². The zero-order chi connectivity index (χ0) is 21.5. The predicted octanol–water partition coefficient (Wildman–Crippen LogP) is 2.57. The standard InChI is InChI=1S/C23H28N4O4/c1-30-19-7-6-15(9-20(19)31-2)22-17(10-24-25-22)23(29)26-11-14-8-16(13-26)18-4-3-5-21(28)27(18)12-14/h6-7,9-10,14,16,18H,3-5,8,11-13H2,1-2H3,(H,24,25)/t14-,16-,18+/m0/s1. The first-order chi connectivity index (χ1) is 15.1. The van der Waals surface area contributed by atoms with Crippen molar-refractivity contribution >= 4 is 11.8 Å². The highest BCUT2D eigenvalue weighted by molar-refractivity contribution is 6.00. The highest BCUT2D eigenvalue weighted by atomic mass is 16.5. The number of nitrogens with one attached hydrogen (secondary N) is 1. The van der Waals surface area contributed by atoms with Gasteiger partial charge in [0.05, 0.1) is 31.7 Å². The maximum absolute atomic E-state index is 13.5. The molecule has 0 radical (unpaired) electrons. The number of piperidine rings is 3. The summed E-state index contributed by atoms with van der Waals surface area (Å²) in [5.41, 5.74) is 2.06. The van der Waals surface area contributed by atoms with Crippen molar-refractivity contribution in [1.82, 2.24) is 20.0 Å². The summed E-state index contributed by atoms with van der Waals surface area (Å²) in [6.07, 6.45) is 5.39. The lowest BCUT2D eigenvalue weighted by Gasteiger charge is -2.52. The van der Waals surface area contributed by atoms with Crippen LogP contribution in [0.15, 0.2) is 24.4 Å². The minimum atomic E-state index is -0.0104. The first-order valence-corrected chi connectivity index (χ1v) is 10.9. The summed E-state index contributed by atoms with van der Waals surface area (Å²) in [4.78, 5) is 29.9. The van der Waals surface area contributed by atoms with Gasteiger partial charge < -0.3 is 19.3 Å². The van der Waals surface area contributed by atoms with Crippen LogP contribution in [-0.4, -0.2) is 71.7 Å². The van der Waals surface area contributed by atoms with Gasteiger partial charge >= 0.3 is 0 Å². The van der Waals surface area contributed by atoms with Gasteiger partial charge in [0.2, 0.25) is 5.91 Å². The van der Waals surface area contributed by atoms with E-state index in [1.54, 1.807) is 20.4 Å². The van der Waals surface area contributed by atoms with Crippen molar-refractivity contribution in [3.05, 3.63) is 30.0 Å². The van der Waals surface area contributed by atoms with Gasteiger partial charge in [-0.2, -0.15) is 5.10 Å². The average Bonchev–Trinajstić information content (AvgIpc) is 3.28. The maximum Gasteiger partial charge on any atom is 0.257 e. The van der Waals surface area contributed by atoms with E-state index in [0.717, 1.165) is 31.4 Å². The van der Waals surface area contributed by atoms with E-state index in [9.17, 15) is 9.59 Å². The van der Waals surface area contributed by atoms with E-state index >= 15 is 0 Å². The molecule has 2 amide bonds. The van der Waals surface area contributed by atoms with Gasteiger partial charge in [-0.1, -0.05) is 0 Å². The second-order valence-corrected chi connectivity index (χ2v) is 8.81. The molecule has 31 heavy (non-hydrogen) atoms. The van der Waals surface area contributed by atoms with Crippen LogP contribution >= 0.6 is 0 Å². The lowest BCUT2D eigenvalue weighted by molar-refractivity contribution is -0.144. The number of carbonyl (C=O) groups is 2. The summed E-state index contributed by atoms with van der Waals surface area (Å²) in [5.74, 6) is 2.21. The molecule has 3 atom stereocenters. The SMILES string of the molecule is COc1ccc(-c2[nH]ncc2C(=O)N2C[C@@H]3C[C@@H](C2)[C@H]2CCCC(=O)N2C3)cc1OC. The van der Waals surface area contributed by atoms with Crippen molar-refractivity contribution in [2.75, 3.05) is 33.9 Å². The zero-order valence-electron chi connectivity index (χ0n) is 18.0. The van der Waals surface area contributed by atoms with E-state index in [1.807, 2.05) is 23.1 Å². The lowest BCUT2D eigenvalue weighted by Crippen LogP contribution is -2.61. The molecule has 0 aliphatic carbocycles. The molecule has 0 unspecified atom stereocenters. The Hall–Kier alpha value is -3.03. The van der Waals surface area contributed by atoms with E-state index in [0.29, 0.717) is 54.1 Å². The highest BCUT2D eigenvalue weighted by Gasteiger charge is 2.45. The van der Waals surface area contributed by atoms with Gasteiger partial charge in [-0.15, -0.1) is 0 Å². The normalized spacial score (nSPS) is 25.2. The Morgan fingerprint density at radius 3 is 2.81 bits per heavy atom. The van der Waals surface area contributed by atoms with Gasteiger partial charge in [-0.05, 0) is 49.3 Å². The van der Waals surface area contributed by atoms with Crippen molar-refractivity contribution in [3.8, 4) is 22.8 Å². The van der Waals surface area contributed by atoms with Crippen molar-refractivity contribution in [2.24, 2.45) is 11.8 Å². The van der Waals surface area contributed by atoms with Crippen molar-refractivity contribution < 1.29 is 19.1 Å². The van der Waals surface area contributed by atoms with E-state index in [4.69, 9.17) is 9.47 Å². The third kappa shape index (κ3) is 3.43. The molecule has 5 rings (SSSR count). The van der Waals surface area contributed by atoms with Crippen molar-refractivity contribution in [3.63, 3.8) is 0 Å². The molecule has 3 aliphatic heterocycles. The number of aromatic amines is 1. The Balaban J connectivity index is 1.39. The Morgan fingerprint density at radius 2 is 2.00 bits per heavy atom. The van der Waals surface area contributed by atoms with E-state index in [-0.39, 0.29) is 17.9 Å². The van der Waals surface area contributed by atoms with E-state index in [2.05, 4.69) is 15.1 Å². The number of benzene rings is 1. The van der Waals surface area contributed by atoms with Gasteiger partial charge in [-0.3, -0.25) is 14.7 Å². The van der Waals surface area contributed by atoms with Crippen molar-refractivity contribution in [1.29, 1.82) is 0 Å². The first-order valence-electron chi connectivity index (χ1n) is 10.9. The minimum Gasteiger partial charge on any atom is -0.493 e. The van der Waals surface area contributed by atoms with Crippen LogP contribution in [0.1, 0.15) is 36.0 Å². The van der Waals surface area contributed by atoms with Crippen LogP contribution in [0, 0.1) is 11.8 Å². The molecule has 3 fully saturated rings. The molecule has 3 aliphatic rings. The molecule has 2 aromatic rings. The number of hydrogen-bond acceptors (Lipinski definition) is 5. The van der Waals surface area contributed by atoms with Gasteiger partial charge in [0.1, 0.15) is 0 Å². The van der Waals surface area contributed by atoms with Gasteiger partial charge in [0.15, 0.2) is 11.5 Å². The molecule has 1 aromatic carbocycles. The summed E-state index contributed by atoms with van der Waals surface area (Å²) in [6, 6.07) is 5.84. The fraction of sp³-hybridized carbons (Fsp3) is 0.522. The average molecular weight is 425 g/mol. The number of nitrogens with zero attached hydrogens (tertiary/aromatic N) is 3. The molecule has 1 N–H and O–H groups in total. The quantitative estimate of drug-likeness (QED) is 0.815. The monoisotopic (exact) mass is 424 g/mol. The van der Waals surface area contributed by atoms with E-state index < -0.39 is 0 Å². The number of H-pyrrole nitrogens is 1. The molecule has 8 heteroatoms. The predicted molar refractivity (Wildman–Crippen MR) is 114 cm³/mol. The molecular formula is C23H28N4O4. The number of carbonyl (C=O) groups excluding carboxylic acids is 2. The van der Waals surface area contributed by atoms with Crippen LogP contribution in [0.3, 0.4) is 0 Å². The fourth-order valence-corrected chi connectivity index (χ4v) is 5.61. The van der Waals surface area contributed by atoms with Crippen LogP contribution in [0.4, 0.5) is 0 Å². The van der Waals surface area contributed by atoms with Crippen LogP contribution in [0.5, 0.6) is 11.5 Å². The van der Waals surface area contributed by atoms with Crippen LogP contribution < -0.4 is 9.47 Å². The third-order valence-corrected chi connectivity index (χ3v) is 7.01. The second kappa shape index (κ2) is 7.90. The molecular weight excluding hydrogens is 396 g/mol. The zero-order valence-corrected chi connectivity index (χ0v) is 18.0. The number of hydrogen-bond donors (Lipinski definition) is 1. The summed E-state index contributed by atoms with van der Waals surface area (Å²) in [7, 11) is 3.18. The number of ether oxygens (including phenoxy) is 2. The van der Waals surface area contributed by atoms with Crippen molar-refractivity contribution in [2.45, 2.75) is 31.7 Å². The molecule has 164 valence electrons. The summed E-state index contributed by atoms with van der Waals surface area (Å²) in [5, 5.41) is 7.15. The molecule has 2 bridgehead atoms. The molecule has 3 saturated heterocycles. The second-order valence-electron chi connectivity index (χ2n) is 8.81. The Bertz CT molecular complexity index is 1000. The fourth-order valence-electron chi connectivity index (χ4n) is 5.61. The number of fused-ring (bicyclic) bond motifs is 4. The Kier molecular flexibility index (Phi) is 5.08. The Morgan fingerprint density at radius 1 is 1.16 bits per heavy atom. The summed E-state index contributed by atoms with van der Waals surface area (Å²) >= 11 is 0. The van der Waals surface area contributed by atoms with Gasteiger partial charge in [0, 0.05) is 37.7 Å². The van der Waals surface area contributed by atoms with Crippen LogP contribution in [0.25, 0.3) is 11.3 Å². The molecule has 0 saturated carbocycles. The highest BCUT2D eigenvalue weighted by Crippen LogP contribution is 2.39. The summed E-state index contributed by atoms with van der Waals surface area (Å²) < 4.78 is 10.7. The minimum absolute atomic E-state index is 0.0104. The topological polar surface area (TPSA) is 87.8 Å². The molecule has 4 heterocycles. The number of methoxy groups -OCH3 is 2. The lowest BCUT2D eigenvalue weighted by atomic mass is 9.76.